The fourth-order valence-electron chi connectivity index (χ4n) is 1.85. The first-order chi connectivity index (χ1) is 8.59. The predicted molar refractivity (Wildman–Crippen MR) is 76.1 cm³/mol. The highest BCUT2D eigenvalue weighted by atomic mass is 32.2. The van der Waals surface area contributed by atoms with Crippen molar-refractivity contribution in [2.75, 3.05) is 33.0 Å². The highest BCUT2D eigenvalue weighted by molar-refractivity contribution is 8.00. The molecule has 1 rings (SSSR count). The molecule has 18 heavy (non-hydrogen) atoms. The Bertz CT molecular complexity index is 302. The summed E-state index contributed by atoms with van der Waals surface area (Å²) in [6, 6.07) is 0. The molecule has 2 N–H and O–H groups in total. The monoisotopic (exact) mass is 273 g/mol. The molecule has 1 fully saturated rings. The molecule has 0 aromatic heterocycles. The molecule has 1 aliphatic rings. The Balaban J connectivity index is 2.23. The molecule has 6 heteroatoms. The first-order valence-corrected chi connectivity index (χ1v) is 7.23. The second-order valence-electron chi connectivity index (χ2n) is 4.58. The summed E-state index contributed by atoms with van der Waals surface area (Å²) in [5.41, 5.74) is 0. The number of hydrogen-bond acceptors (Lipinski definition) is 4. The van der Waals surface area contributed by atoms with E-state index in [2.05, 4.69) is 27.3 Å². The van der Waals surface area contributed by atoms with Gasteiger partial charge in [0.05, 0.1) is 13.5 Å². The number of hydrogen-bond donors (Lipinski definition) is 2. The Morgan fingerprint density at radius 3 is 2.83 bits per heavy atom. The lowest BCUT2D eigenvalue weighted by molar-refractivity contribution is -0.140. The maximum Gasteiger partial charge on any atom is 0.307 e. The van der Waals surface area contributed by atoms with Gasteiger partial charge >= 0.3 is 5.97 Å². The fraction of sp³-hybridized carbons (Fsp3) is 0.833. The molecule has 0 aliphatic carbocycles. The van der Waals surface area contributed by atoms with Gasteiger partial charge in [0.2, 0.25) is 0 Å². The van der Waals surface area contributed by atoms with Crippen LogP contribution in [0.15, 0.2) is 4.99 Å². The molecule has 1 heterocycles. The summed E-state index contributed by atoms with van der Waals surface area (Å²) in [6.45, 7) is 3.71. The van der Waals surface area contributed by atoms with Crippen molar-refractivity contribution < 1.29 is 9.53 Å². The molecule has 0 aromatic rings. The highest BCUT2D eigenvalue weighted by Crippen LogP contribution is 2.36. The summed E-state index contributed by atoms with van der Waals surface area (Å²) in [7, 11) is 3.13. The van der Waals surface area contributed by atoms with Crippen LogP contribution in [0.5, 0.6) is 0 Å². The van der Waals surface area contributed by atoms with Crippen molar-refractivity contribution in [3.63, 3.8) is 0 Å². The van der Waals surface area contributed by atoms with E-state index in [0.29, 0.717) is 17.7 Å². The van der Waals surface area contributed by atoms with Crippen LogP contribution in [0.3, 0.4) is 0 Å². The van der Waals surface area contributed by atoms with E-state index in [1.165, 1.54) is 25.7 Å². The Hall–Kier alpha value is -0.910. The van der Waals surface area contributed by atoms with Gasteiger partial charge in [-0.2, -0.15) is 11.8 Å². The zero-order valence-corrected chi connectivity index (χ0v) is 12.2. The molecule has 104 valence electrons. The van der Waals surface area contributed by atoms with E-state index in [0.717, 1.165) is 12.5 Å². The Kier molecular flexibility index (Phi) is 6.32. The van der Waals surface area contributed by atoms with Gasteiger partial charge in [0.25, 0.3) is 0 Å². The van der Waals surface area contributed by atoms with E-state index < -0.39 is 0 Å². The van der Waals surface area contributed by atoms with Crippen molar-refractivity contribution in [2.24, 2.45) is 4.99 Å². The number of guanidine groups is 1. The minimum atomic E-state index is -0.212. The van der Waals surface area contributed by atoms with E-state index in [9.17, 15) is 4.79 Å². The normalized spacial score (nSPS) is 23.8. The Labute approximate surface area is 113 Å². The van der Waals surface area contributed by atoms with Gasteiger partial charge in [-0.05, 0) is 25.5 Å². The summed E-state index contributed by atoms with van der Waals surface area (Å²) >= 11 is 2.01. The quantitative estimate of drug-likeness (QED) is 0.444. The number of carbonyl (C=O) groups is 1. The molecule has 0 bridgehead atoms. The lowest BCUT2D eigenvalue weighted by atomic mass is 10.1. The molecule has 1 saturated heterocycles. The van der Waals surface area contributed by atoms with Crippen LogP contribution < -0.4 is 10.6 Å². The summed E-state index contributed by atoms with van der Waals surface area (Å²) < 4.78 is 4.89. The van der Waals surface area contributed by atoms with Gasteiger partial charge in [-0.3, -0.25) is 9.79 Å². The largest absolute Gasteiger partial charge is 0.469 e. The van der Waals surface area contributed by atoms with Crippen molar-refractivity contribution >= 4 is 23.7 Å². The average Bonchev–Trinajstić information content (AvgIpc) is 2.80. The highest BCUT2D eigenvalue weighted by Gasteiger charge is 2.29. The van der Waals surface area contributed by atoms with Gasteiger partial charge in [-0.1, -0.05) is 0 Å². The van der Waals surface area contributed by atoms with E-state index in [1.54, 1.807) is 7.05 Å². The van der Waals surface area contributed by atoms with E-state index in [1.807, 2.05) is 11.8 Å². The summed E-state index contributed by atoms with van der Waals surface area (Å²) in [5, 5.41) is 6.41. The Morgan fingerprint density at radius 2 is 2.28 bits per heavy atom. The molecule has 0 aromatic carbocycles. The zero-order valence-electron chi connectivity index (χ0n) is 11.4. The van der Waals surface area contributed by atoms with Crippen molar-refractivity contribution in [1.82, 2.24) is 10.6 Å². The second kappa shape index (κ2) is 7.51. The first kappa shape index (κ1) is 15.1. The number of esters is 1. The van der Waals surface area contributed by atoms with Crippen molar-refractivity contribution in [1.29, 1.82) is 0 Å². The molecule has 0 radical (unpaired) electrons. The first-order valence-electron chi connectivity index (χ1n) is 6.25. The maximum atomic E-state index is 11.0. The topological polar surface area (TPSA) is 62.7 Å². The van der Waals surface area contributed by atoms with Crippen LogP contribution in [-0.4, -0.2) is 49.7 Å². The molecule has 1 atom stereocenters. The molecule has 1 unspecified atom stereocenters. The summed E-state index contributed by atoms with van der Waals surface area (Å²) in [6.07, 6.45) is 2.88. The van der Waals surface area contributed by atoms with Crippen LogP contribution in [0.4, 0.5) is 0 Å². The molecule has 0 spiro atoms. The summed E-state index contributed by atoms with van der Waals surface area (Å²) in [5.74, 6) is 1.77. The number of methoxy groups -OCH3 is 1. The van der Waals surface area contributed by atoms with Crippen LogP contribution in [0.1, 0.15) is 26.2 Å². The van der Waals surface area contributed by atoms with E-state index >= 15 is 0 Å². The molecular formula is C12H23N3O2S. The number of nitrogens with zero attached hydrogens (tertiary/aromatic N) is 1. The average molecular weight is 273 g/mol. The lowest BCUT2D eigenvalue weighted by Crippen LogP contribution is -2.44. The van der Waals surface area contributed by atoms with Gasteiger partial charge < -0.3 is 15.4 Å². The molecule has 5 nitrogen and oxygen atoms in total. The van der Waals surface area contributed by atoms with Gasteiger partial charge in [0.15, 0.2) is 5.96 Å². The second-order valence-corrected chi connectivity index (χ2v) is 6.26. The predicted octanol–water partition coefficient (Wildman–Crippen LogP) is 1.00. The van der Waals surface area contributed by atoms with Gasteiger partial charge in [-0.15, -0.1) is 0 Å². The minimum absolute atomic E-state index is 0.212. The van der Waals surface area contributed by atoms with E-state index in [-0.39, 0.29) is 5.97 Å². The van der Waals surface area contributed by atoms with Crippen LogP contribution in [0.2, 0.25) is 0 Å². The maximum absolute atomic E-state index is 11.0. The zero-order chi connectivity index (χ0) is 13.4. The van der Waals surface area contributed by atoms with Gasteiger partial charge in [0, 0.05) is 24.9 Å². The molecule has 0 amide bonds. The third-order valence-electron chi connectivity index (χ3n) is 3.00. The summed E-state index contributed by atoms with van der Waals surface area (Å²) in [4.78, 5) is 15.1. The number of aliphatic imine (C=N–C) groups is 1. The number of thioether (sulfide) groups is 1. The van der Waals surface area contributed by atoms with Crippen LogP contribution in [0, 0.1) is 0 Å². The van der Waals surface area contributed by atoms with Gasteiger partial charge in [0.1, 0.15) is 0 Å². The van der Waals surface area contributed by atoms with Crippen LogP contribution >= 0.6 is 11.8 Å². The van der Waals surface area contributed by atoms with Gasteiger partial charge in [-0.25, -0.2) is 0 Å². The number of ether oxygens (including phenoxy) is 1. The standard InChI is InChI=1S/C12H23N3O2S/c1-12(6-4-8-18-12)9-15-11(13-2)14-7-5-10(16)17-3/h4-9H2,1-3H3,(H2,13,14,15). The van der Waals surface area contributed by atoms with Crippen molar-refractivity contribution in [2.45, 2.75) is 30.9 Å². The smallest absolute Gasteiger partial charge is 0.307 e. The SMILES string of the molecule is CN=C(NCCC(=O)OC)NCC1(C)CCCS1. The van der Waals surface area contributed by atoms with Crippen LogP contribution in [0.25, 0.3) is 0 Å². The number of nitrogens with one attached hydrogen (secondary N) is 2. The number of carbonyl (C=O) groups excluding carboxylic acids is 1. The van der Waals surface area contributed by atoms with Crippen LogP contribution in [-0.2, 0) is 9.53 Å². The van der Waals surface area contributed by atoms with E-state index in [4.69, 9.17) is 0 Å². The molecular weight excluding hydrogens is 250 g/mol. The fourth-order valence-corrected chi connectivity index (χ4v) is 3.10. The number of rotatable bonds is 5. The molecule has 0 saturated carbocycles. The minimum Gasteiger partial charge on any atom is -0.469 e. The van der Waals surface area contributed by atoms with Crippen molar-refractivity contribution in [3.05, 3.63) is 0 Å². The third-order valence-corrected chi connectivity index (χ3v) is 4.54. The molecule has 1 aliphatic heterocycles. The van der Waals surface area contributed by atoms with Crippen molar-refractivity contribution in [3.8, 4) is 0 Å². The Morgan fingerprint density at radius 1 is 1.50 bits per heavy atom. The lowest BCUT2D eigenvalue weighted by Gasteiger charge is -2.24. The third kappa shape index (κ3) is 5.16.